The van der Waals surface area contributed by atoms with Crippen LogP contribution >= 0.6 is 0 Å². The van der Waals surface area contributed by atoms with Crippen molar-refractivity contribution in [3.05, 3.63) is 0 Å². The first kappa shape index (κ1) is 15.4. The van der Waals surface area contributed by atoms with Crippen LogP contribution < -0.4 is 5.73 Å². The Balaban J connectivity index is 2.65. The lowest BCUT2D eigenvalue weighted by Crippen LogP contribution is -2.47. The minimum Gasteiger partial charge on any atom is -0.340 e. The Morgan fingerprint density at radius 2 is 1.78 bits per heavy atom. The number of carbonyl (C=O) groups excluding carboxylic acids is 1. The van der Waals surface area contributed by atoms with Gasteiger partial charge in [0, 0.05) is 26.2 Å². The van der Waals surface area contributed by atoms with Gasteiger partial charge in [-0.3, -0.25) is 4.79 Å². The summed E-state index contributed by atoms with van der Waals surface area (Å²) < 4.78 is 24.3. The second-order valence-corrected chi connectivity index (χ2v) is 7.09. The van der Waals surface area contributed by atoms with E-state index in [-0.39, 0.29) is 11.8 Å². The molecule has 0 radical (unpaired) electrons. The van der Waals surface area contributed by atoms with Crippen molar-refractivity contribution in [2.45, 2.75) is 26.3 Å². The third-order valence-electron chi connectivity index (χ3n) is 3.24. The Morgan fingerprint density at radius 3 is 2.28 bits per heavy atom. The van der Waals surface area contributed by atoms with E-state index in [1.54, 1.807) is 4.90 Å². The van der Waals surface area contributed by atoms with Gasteiger partial charge in [0.15, 0.2) is 0 Å². The first-order chi connectivity index (χ1) is 8.23. The molecule has 0 spiro atoms. The molecule has 106 valence electrons. The van der Waals surface area contributed by atoms with Crippen molar-refractivity contribution in [2.75, 3.05) is 32.4 Å². The molecule has 1 atom stereocenters. The van der Waals surface area contributed by atoms with E-state index >= 15 is 0 Å². The van der Waals surface area contributed by atoms with Gasteiger partial charge in [0.2, 0.25) is 15.9 Å². The minimum absolute atomic E-state index is 0.0830. The van der Waals surface area contributed by atoms with Gasteiger partial charge >= 0.3 is 0 Å². The molecular weight excluding hydrogens is 254 g/mol. The van der Waals surface area contributed by atoms with Crippen LogP contribution in [-0.4, -0.2) is 62.0 Å². The number of nitrogens with zero attached hydrogens (tertiary/aromatic N) is 2. The number of hydrogen-bond donors (Lipinski definition) is 1. The van der Waals surface area contributed by atoms with Crippen molar-refractivity contribution in [2.24, 2.45) is 11.7 Å². The monoisotopic (exact) mass is 277 g/mol. The van der Waals surface area contributed by atoms with E-state index in [9.17, 15) is 13.2 Å². The maximum atomic E-state index is 12.1. The van der Waals surface area contributed by atoms with Crippen molar-refractivity contribution in [3.63, 3.8) is 0 Å². The molecule has 18 heavy (non-hydrogen) atoms. The topological polar surface area (TPSA) is 83.7 Å². The van der Waals surface area contributed by atoms with Crippen molar-refractivity contribution >= 4 is 15.9 Å². The van der Waals surface area contributed by atoms with Crippen molar-refractivity contribution in [3.8, 4) is 0 Å². The summed E-state index contributed by atoms with van der Waals surface area (Å²) in [6.45, 7) is 5.64. The molecule has 1 amide bonds. The van der Waals surface area contributed by atoms with Crippen LogP contribution in [-0.2, 0) is 14.8 Å². The summed E-state index contributed by atoms with van der Waals surface area (Å²) >= 11 is 0. The van der Waals surface area contributed by atoms with Gasteiger partial charge in [-0.15, -0.1) is 0 Å². The second kappa shape index (κ2) is 5.99. The van der Waals surface area contributed by atoms with Gasteiger partial charge in [0.05, 0.1) is 12.3 Å². The van der Waals surface area contributed by atoms with Gasteiger partial charge in [-0.25, -0.2) is 12.7 Å². The SMILES string of the molecule is CC(C)[C@H](N)C(=O)N1CCCN(S(C)(=O)=O)CC1. The fourth-order valence-electron chi connectivity index (χ4n) is 1.94. The van der Waals surface area contributed by atoms with E-state index < -0.39 is 16.1 Å². The van der Waals surface area contributed by atoms with Gasteiger partial charge in [-0.05, 0) is 12.3 Å². The highest BCUT2D eigenvalue weighted by Crippen LogP contribution is 2.10. The normalized spacial score (nSPS) is 20.8. The smallest absolute Gasteiger partial charge is 0.239 e. The molecule has 0 aromatic carbocycles. The highest BCUT2D eigenvalue weighted by molar-refractivity contribution is 7.88. The highest BCUT2D eigenvalue weighted by atomic mass is 32.2. The quantitative estimate of drug-likeness (QED) is 0.751. The molecule has 0 aromatic heterocycles. The van der Waals surface area contributed by atoms with Gasteiger partial charge < -0.3 is 10.6 Å². The van der Waals surface area contributed by atoms with Gasteiger partial charge in [-0.1, -0.05) is 13.8 Å². The van der Waals surface area contributed by atoms with Crippen LogP contribution in [0.1, 0.15) is 20.3 Å². The lowest BCUT2D eigenvalue weighted by atomic mass is 10.0. The maximum Gasteiger partial charge on any atom is 0.239 e. The van der Waals surface area contributed by atoms with Crippen LogP contribution in [0, 0.1) is 5.92 Å². The van der Waals surface area contributed by atoms with Crippen LogP contribution in [0.25, 0.3) is 0 Å². The summed E-state index contributed by atoms with van der Waals surface area (Å²) in [7, 11) is -3.17. The van der Waals surface area contributed by atoms with Crippen LogP contribution in [0.2, 0.25) is 0 Å². The summed E-state index contributed by atoms with van der Waals surface area (Å²) in [4.78, 5) is 13.8. The molecule has 0 aromatic rings. The standard InChI is InChI=1S/C11H23N3O3S/c1-9(2)10(12)11(15)13-5-4-6-14(8-7-13)18(3,16)17/h9-10H,4-8,12H2,1-3H3/t10-/m0/s1. The molecule has 1 aliphatic heterocycles. The molecule has 7 heteroatoms. The molecule has 1 heterocycles. The predicted octanol–water partition coefficient (Wildman–Crippen LogP) is -0.536. The third kappa shape index (κ3) is 3.93. The Hall–Kier alpha value is -0.660. The summed E-state index contributed by atoms with van der Waals surface area (Å²) in [5.41, 5.74) is 5.84. The lowest BCUT2D eigenvalue weighted by Gasteiger charge is -2.25. The van der Waals surface area contributed by atoms with Crippen LogP contribution in [0.15, 0.2) is 0 Å². The van der Waals surface area contributed by atoms with Crippen molar-refractivity contribution in [1.82, 2.24) is 9.21 Å². The fourth-order valence-corrected chi connectivity index (χ4v) is 2.82. The fraction of sp³-hybridized carbons (Fsp3) is 0.909. The molecule has 1 rings (SSSR count). The Bertz CT molecular complexity index is 394. The molecule has 0 unspecified atom stereocenters. The van der Waals surface area contributed by atoms with Crippen molar-refractivity contribution < 1.29 is 13.2 Å². The number of amides is 1. The number of hydrogen-bond acceptors (Lipinski definition) is 4. The Morgan fingerprint density at radius 1 is 1.17 bits per heavy atom. The van der Waals surface area contributed by atoms with E-state index in [2.05, 4.69) is 0 Å². The minimum atomic E-state index is -3.17. The Kier molecular flexibility index (Phi) is 5.12. The van der Waals surface area contributed by atoms with Crippen LogP contribution in [0.5, 0.6) is 0 Å². The van der Waals surface area contributed by atoms with E-state index in [4.69, 9.17) is 5.73 Å². The van der Waals surface area contributed by atoms with Gasteiger partial charge in [-0.2, -0.15) is 0 Å². The Labute approximate surface area is 109 Å². The van der Waals surface area contributed by atoms with E-state index in [0.29, 0.717) is 32.6 Å². The molecule has 6 nitrogen and oxygen atoms in total. The largest absolute Gasteiger partial charge is 0.340 e. The zero-order valence-corrected chi connectivity index (χ0v) is 12.1. The first-order valence-corrected chi connectivity index (χ1v) is 8.08. The average molecular weight is 277 g/mol. The zero-order valence-electron chi connectivity index (χ0n) is 11.3. The van der Waals surface area contributed by atoms with Crippen molar-refractivity contribution in [1.29, 1.82) is 0 Å². The molecular formula is C11H23N3O3S. The van der Waals surface area contributed by atoms with E-state index in [1.807, 2.05) is 13.8 Å². The summed E-state index contributed by atoms with van der Waals surface area (Å²) in [5, 5.41) is 0. The highest BCUT2D eigenvalue weighted by Gasteiger charge is 2.27. The third-order valence-corrected chi connectivity index (χ3v) is 4.54. The maximum absolute atomic E-state index is 12.1. The van der Waals surface area contributed by atoms with Gasteiger partial charge in [0.25, 0.3) is 0 Å². The van der Waals surface area contributed by atoms with E-state index in [0.717, 1.165) is 0 Å². The van der Waals surface area contributed by atoms with Crippen LogP contribution in [0.4, 0.5) is 0 Å². The number of sulfonamides is 1. The number of carbonyl (C=O) groups is 1. The first-order valence-electron chi connectivity index (χ1n) is 6.23. The molecule has 2 N–H and O–H groups in total. The molecule has 0 aliphatic carbocycles. The van der Waals surface area contributed by atoms with Gasteiger partial charge in [0.1, 0.15) is 0 Å². The molecule has 1 saturated heterocycles. The molecule has 1 fully saturated rings. The summed E-state index contributed by atoms with van der Waals surface area (Å²) in [6.07, 6.45) is 1.86. The predicted molar refractivity (Wildman–Crippen MR) is 70.4 cm³/mol. The summed E-state index contributed by atoms with van der Waals surface area (Å²) in [5.74, 6) is 0.00659. The zero-order chi connectivity index (χ0) is 13.9. The molecule has 0 bridgehead atoms. The van der Waals surface area contributed by atoms with Crippen LogP contribution in [0.3, 0.4) is 0 Å². The average Bonchev–Trinajstić information content (AvgIpc) is 2.51. The number of nitrogens with two attached hydrogens (primary N) is 1. The lowest BCUT2D eigenvalue weighted by molar-refractivity contribution is -0.133. The molecule has 0 saturated carbocycles. The molecule has 1 aliphatic rings. The second-order valence-electron chi connectivity index (χ2n) is 5.11. The summed E-state index contributed by atoms with van der Waals surface area (Å²) in [6, 6.07) is -0.505. The number of rotatable bonds is 3. The van der Waals surface area contributed by atoms with E-state index in [1.165, 1.54) is 10.6 Å².